The number of pyridine rings is 1. The van der Waals surface area contributed by atoms with Crippen molar-refractivity contribution in [1.29, 1.82) is 0 Å². The fourth-order valence-electron chi connectivity index (χ4n) is 1.52. The standard InChI is InChI=1S/C13H11ClN2O2/c14-12-7-9(5-6-15-12)13(18)16-11-4-2-1-3-10(11)8-17/h1-7,17H,8H2,(H,16,18). The van der Waals surface area contributed by atoms with Crippen molar-refractivity contribution < 1.29 is 9.90 Å². The predicted molar refractivity (Wildman–Crippen MR) is 69.6 cm³/mol. The van der Waals surface area contributed by atoms with Crippen molar-refractivity contribution in [3.63, 3.8) is 0 Å². The Morgan fingerprint density at radius 2 is 2.11 bits per heavy atom. The van der Waals surface area contributed by atoms with Crippen molar-refractivity contribution >= 4 is 23.2 Å². The van der Waals surface area contributed by atoms with Crippen LogP contribution in [0.3, 0.4) is 0 Å². The van der Waals surface area contributed by atoms with Gasteiger partial charge < -0.3 is 10.4 Å². The topological polar surface area (TPSA) is 62.2 Å². The van der Waals surface area contributed by atoms with Gasteiger partial charge in [0.25, 0.3) is 5.91 Å². The van der Waals surface area contributed by atoms with Gasteiger partial charge in [0.1, 0.15) is 5.15 Å². The summed E-state index contributed by atoms with van der Waals surface area (Å²) in [7, 11) is 0. The SMILES string of the molecule is O=C(Nc1ccccc1CO)c1ccnc(Cl)c1. The van der Waals surface area contributed by atoms with Gasteiger partial charge in [-0.1, -0.05) is 29.8 Å². The number of nitrogens with one attached hydrogen (secondary N) is 1. The summed E-state index contributed by atoms with van der Waals surface area (Å²) in [6.45, 7) is -0.131. The number of nitrogens with zero attached hydrogens (tertiary/aromatic N) is 1. The van der Waals surface area contributed by atoms with Crippen LogP contribution < -0.4 is 5.32 Å². The number of rotatable bonds is 3. The molecular weight excluding hydrogens is 252 g/mol. The molecule has 0 saturated carbocycles. The Morgan fingerprint density at radius 3 is 2.83 bits per heavy atom. The minimum atomic E-state index is -0.291. The predicted octanol–water partition coefficient (Wildman–Crippen LogP) is 2.48. The molecule has 0 spiro atoms. The summed E-state index contributed by atoms with van der Waals surface area (Å²) in [6, 6.07) is 10.1. The van der Waals surface area contributed by atoms with Crippen molar-refractivity contribution in [1.82, 2.24) is 4.98 Å². The largest absolute Gasteiger partial charge is 0.392 e. The Hall–Kier alpha value is -1.91. The van der Waals surface area contributed by atoms with Gasteiger partial charge in [-0.25, -0.2) is 4.98 Å². The minimum absolute atomic E-state index is 0.131. The highest BCUT2D eigenvalue weighted by Gasteiger charge is 2.08. The number of benzene rings is 1. The third kappa shape index (κ3) is 2.85. The first-order valence-corrected chi connectivity index (χ1v) is 5.70. The van der Waals surface area contributed by atoms with E-state index < -0.39 is 0 Å². The number of amides is 1. The third-order valence-electron chi connectivity index (χ3n) is 2.42. The average Bonchev–Trinajstić information content (AvgIpc) is 2.39. The zero-order chi connectivity index (χ0) is 13.0. The smallest absolute Gasteiger partial charge is 0.255 e. The Kier molecular flexibility index (Phi) is 3.92. The van der Waals surface area contributed by atoms with Crippen molar-refractivity contribution in [2.75, 3.05) is 5.32 Å². The molecule has 1 aromatic carbocycles. The molecule has 2 rings (SSSR count). The summed E-state index contributed by atoms with van der Waals surface area (Å²) >= 11 is 5.72. The molecule has 0 aliphatic heterocycles. The fraction of sp³-hybridized carbons (Fsp3) is 0.0769. The molecule has 0 radical (unpaired) electrons. The molecule has 92 valence electrons. The molecule has 0 aliphatic carbocycles. The molecule has 0 bridgehead atoms. The van der Waals surface area contributed by atoms with Gasteiger partial charge in [-0.15, -0.1) is 0 Å². The number of para-hydroxylation sites is 1. The van der Waals surface area contributed by atoms with E-state index in [0.29, 0.717) is 16.8 Å². The van der Waals surface area contributed by atoms with Crippen LogP contribution in [0.5, 0.6) is 0 Å². The summed E-state index contributed by atoms with van der Waals surface area (Å²) in [5.74, 6) is -0.291. The Labute approximate surface area is 109 Å². The normalized spacial score (nSPS) is 10.1. The van der Waals surface area contributed by atoms with E-state index in [9.17, 15) is 4.79 Å². The van der Waals surface area contributed by atoms with Crippen LogP contribution in [-0.4, -0.2) is 16.0 Å². The van der Waals surface area contributed by atoms with Gasteiger partial charge in [0.05, 0.1) is 6.61 Å². The number of carbonyl (C=O) groups is 1. The van der Waals surface area contributed by atoms with Crippen LogP contribution in [0.1, 0.15) is 15.9 Å². The van der Waals surface area contributed by atoms with Gasteiger partial charge in [-0.2, -0.15) is 0 Å². The molecule has 2 aromatic rings. The molecular formula is C13H11ClN2O2. The number of hydrogen-bond acceptors (Lipinski definition) is 3. The number of aliphatic hydroxyl groups excluding tert-OH is 1. The zero-order valence-electron chi connectivity index (χ0n) is 9.43. The second-order valence-electron chi connectivity index (χ2n) is 3.64. The maximum Gasteiger partial charge on any atom is 0.255 e. The van der Waals surface area contributed by atoms with E-state index in [0.717, 1.165) is 0 Å². The van der Waals surface area contributed by atoms with Crippen LogP contribution in [0, 0.1) is 0 Å². The van der Waals surface area contributed by atoms with Crippen molar-refractivity contribution in [2.45, 2.75) is 6.61 Å². The number of halogens is 1. The maximum absolute atomic E-state index is 12.0. The lowest BCUT2D eigenvalue weighted by Crippen LogP contribution is -2.13. The lowest BCUT2D eigenvalue weighted by Gasteiger charge is -2.09. The highest BCUT2D eigenvalue weighted by molar-refractivity contribution is 6.29. The monoisotopic (exact) mass is 262 g/mol. The maximum atomic E-state index is 12.0. The third-order valence-corrected chi connectivity index (χ3v) is 2.63. The first-order valence-electron chi connectivity index (χ1n) is 5.32. The number of aliphatic hydroxyl groups is 1. The Morgan fingerprint density at radius 1 is 1.33 bits per heavy atom. The molecule has 0 aliphatic rings. The number of hydrogen-bond donors (Lipinski definition) is 2. The molecule has 5 heteroatoms. The summed E-state index contributed by atoms with van der Waals surface area (Å²) in [4.78, 5) is 15.8. The molecule has 1 aromatic heterocycles. The van der Waals surface area contributed by atoms with Crippen LogP contribution in [0.4, 0.5) is 5.69 Å². The van der Waals surface area contributed by atoms with Crippen molar-refractivity contribution in [3.8, 4) is 0 Å². The van der Waals surface area contributed by atoms with Crippen molar-refractivity contribution in [2.24, 2.45) is 0 Å². The molecule has 2 N–H and O–H groups in total. The van der Waals surface area contributed by atoms with E-state index in [4.69, 9.17) is 16.7 Å². The second-order valence-corrected chi connectivity index (χ2v) is 4.02. The molecule has 0 unspecified atom stereocenters. The van der Waals surface area contributed by atoms with Crippen LogP contribution in [0.15, 0.2) is 42.6 Å². The first kappa shape index (κ1) is 12.5. The average molecular weight is 263 g/mol. The van der Waals surface area contributed by atoms with E-state index in [1.54, 1.807) is 30.3 Å². The Balaban J connectivity index is 2.21. The summed E-state index contributed by atoms with van der Waals surface area (Å²) in [5.41, 5.74) is 1.66. The first-order chi connectivity index (χ1) is 8.70. The second kappa shape index (κ2) is 5.62. The molecule has 0 atom stereocenters. The molecule has 1 amide bonds. The number of carbonyl (C=O) groups excluding carboxylic acids is 1. The van der Waals surface area contributed by atoms with E-state index in [1.165, 1.54) is 12.3 Å². The molecule has 18 heavy (non-hydrogen) atoms. The molecule has 0 fully saturated rings. The van der Waals surface area contributed by atoms with Crippen molar-refractivity contribution in [3.05, 3.63) is 58.9 Å². The fourth-order valence-corrected chi connectivity index (χ4v) is 1.69. The number of anilines is 1. The van der Waals surface area contributed by atoms with Gasteiger partial charge in [0.15, 0.2) is 0 Å². The van der Waals surface area contributed by atoms with Crippen LogP contribution in [-0.2, 0) is 6.61 Å². The van der Waals surface area contributed by atoms with Gasteiger partial charge >= 0.3 is 0 Å². The highest BCUT2D eigenvalue weighted by atomic mass is 35.5. The van der Waals surface area contributed by atoms with Crippen LogP contribution >= 0.6 is 11.6 Å². The summed E-state index contributed by atoms with van der Waals surface area (Å²) in [5, 5.41) is 12.1. The van der Waals surface area contributed by atoms with E-state index in [2.05, 4.69) is 10.3 Å². The van der Waals surface area contributed by atoms with E-state index >= 15 is 0 Å². The van der Waals surface area contributed by atoms with Gasteiger partial charge in [0.2, 0.25) is 0 Å². The van der Waals surface area contributed by atoms with Crippen LogP contribution in [0.25, 0.3) is 0 Å². The quantitative estimate of drug-likeness (QED) is 0.836. The molecule has 4 nitrogen and oxygen atoms in total. The summed E-state index contributed by atoms with van der Waals surface area (Å²) < 4.78 is 0. The lowest BCUT2D eigenvalue weighted by atomic mass is 10.1. The Bertz CT molecular complexity index is 572. The molecule has 0 saturated heterocycles. The minimum Gasteiger partial charge on any atom is -0.392 e. The highest BCUT2D eigenvalue weighted by Crippen LogP contribution is 2.16. The van der Waals surface area contributed by atoms with Gasteiger partial charge in [0, 0.05) is 23.0 Å². The molecule has 1 heterocycles. The van der Waals surface area contributed by atoms with E-state index in [-0.39, 0.29) is 17.7 Å². The van der Waals surface area contributed by atoms with Crippen LogP contribution in [0.2, 0.25) is 5.15 Å². The zero-order valence-corrected chi connectivity index (χ0v) is 10.2. The van der Waals surface area contributed by atoms with Gasteiger partial charge in [-0.05, 0) is 18.2 Å². The lowest BCUT2D eigenvalue weighted by molar-refractivity contribution is 0.102. The summed E-state index contributed by atoms with van der Waals surface area (Å²) in [6.07, 6.45) is 1.47. The number of aromatic nitrogens is 1. The van der Waals surface area contributed by atoms with Gasteiger partial charge in [-0.3, -0.25) is 4.79 Å². The van der Waals surface area contributed by atoms with E-state index in [1.807, 2.05) is 0 Å².